The van der Waals surface area contributed by atoms with Crippen molar-refractivity contribution < 1.29 is 81.1 Å². The smallest absolute Gasteiger partial charge is 0.870 e. The number of thiophene rings is 2. The molecule has 0 unspecified atom stereocenters. The number of nitro benzene ring substituents is 2. The molecule has 17 nitrogen and oxygen atoms in total. The number of ether oxygens (including phenoxy) is 1. The van der Waals surface area contributed by atoms with Crippen LogP contribution in [0.5, 0.6) is 0 Å². The second-order valence-corrected chi connectivity index (χ2v) is 19.9. The fourth-order valence-electron chi connectivity index (χ4n) is 5.65. The second kappa shape index (κ2) is 22.4. The van der Waals surface area contributed by atoms with Crippen molar-refractivity contribution in [1.82, 2.24) is 0 Å². The summed E-state index contributed by atoms with van der Waals surface area (Å²) in [6.45, 7) is 3.12. The van der Waals surface area contributed by atoms with Crippen LogP contribution in [0.25, 0.3) is 0 Å². The number of carbonyl (C=O) groups excluding carboxylic acids is 1. The average molecular weight is 1080 g/mol. The van der Waals surface area contributed by atoms with Gasteiger partial charge in [-0.2, -0.15) is 0 Å². The maximum Gasteiger partial charge on any atom is 1.00 e. The van der Waals surface area contributed by atoms with Crippen molar-refractivity contribution in [3.63, 3.8) is 0 Å². The molecule has 6 rings (SSSR count). The molecule has 0 amide bonds. The molecule has 0 aliphatic rings. The number of carboxylic acid groups (broad SMARTS) is 1. The number of benzene rings is 4. The zero-order valence-electron chi connectivity index (χ0n) is 33.4. The Morgan fingerprint density at radius 2 is 1.03 bits per heavy atom. The molecule has 326 valence electrons. The molecular formula is C39H33Br2N4NaO13S4. The largest absolute Gasteiger partial charge is 1.00 e. The van der Waals surface area contributed by atoms with E-state index in [1.165, 1.54) is 73.2 Å². The number of carboxylic acids is 1. The summed E-state index contributed by atoms with van der Waals surface area (Å²) in [5.41, 5.74) is 2.16. The SMILES string of the molecule is COC(=O)c1sccc1N(Cc1cccc([N+](=O)[O-])c1Br)S(=O)(=O)c1ccc(C)cc1.Cc1ccc(S(=O)(=O)N(Cc2cccc([N+](=O)[O-])c2Br)c2ccsc2C(=O)O)cc1.[Na+].[OH-]. The zero-order chi connectivity index (χ0) is 44.8. The molecule has 0 aliphatic heterocycles. The summed E-state index contributed by atoms with van der Waals surface area (Å²) >= 11 is 8.34. The molecule has 0 fully saturated rings. The Balaban J connectivity index is 0.000000325. The summed E-state index contributed by atoms with van der Waals surface area (Å²) in [6, 6.07) is 24.0. The Bertz CT molecular complexity index is 2860. The number of nitrogens with zero attached hydrogens (tertiary/aromatic N) is 4. The van der Waals surface area contributed by atoms with Gasteiger partial charge in [-0.1, -0.05) is 59.7 Å². The van der Waals surface area contributed by atoms with Crippen LogP contribution < -0.4 is 38.2 Å². The molecule has 24 heteroatoms. The monoisotopic (exact) mass is 1070 g/mol. The predicted molar refractivity (Wildman–Crippen MR) is 240 cm³/mol. The number of rotatable bonds is 14. The summed E-state index contributed by atoms with van der Waals surface area (Å²) in [5.74, 6) is -1.94. The van der Waals surface area contributed by atoms with Crippen molar-refractivity contribution in [2.24, 2.45) is 0 Å². The number of methoxy groups -OCH3 is 1. The van der Waals surface area contributed by atoms with Crippen molar-refractivity contribution in [2.75, 3.05) is 15.7 Å². The molecule has 0 aliphatic carbocycles. The first-order valence-corrected chi connectivity index (χ1v) is 23.5. The molecule has 2 N–H and O–H groups in total. The van der Waals surface area contributed by atoms with Gasteiger partial charge < -0.3 is 15.3 Å². The summed E-state index contributed by atoms with van der Waals surface area (Å²) in [5, 5.41) is 35.1. The van der Waals surface area contributed by atoms with Crippen LogP contribution in [0.15, 0.2) is 127 Å². The van der Waals surface area contributed by atoms with E-state index in [4.69, 9.17) is 4.74 Å². The van der Waals surface area contributed by atoms with Gasteiger partial charge in [-0.25, -0.2) is 26.4 Å². The van der Waals surface area contributed by atoms with E-state index < -0.39 is 41.8 Å². The van der Waals surface area contributed by atoms with Crippen molar-refractivity contribution in [3.05, 3.63) is 169 Å². The topological polar surface area (TPSA) is 255 Å². The number of halogens is 2. The van der Waals surface area contributed by atoms with Gasteiger partial charge in [-0.05, 0) is 104 Å². The van der Waals surface area contributed by atoms with Crippen LogP contribution in [0.1, 0.15) is 41.6 Å². The van der Waals surface area contributed by atoms with Crippen LogP contribution in [0.3, 0.4) is 0 Å². The van der Waals surface area contributed by atoms with Gasteiger partial charge in [0.15, 0.2) is 0 Å². The molecule has 63 heavy (non-hydrogen) atoms. The molecule has 6 aromatic rings. The van der Waals surface area contributed by atoms with Gasteiger partial charge in [0.1, 0.15) is 18.7 Å². The van der Waals surface area contributed by atoms with Gasteiger partial charge in [-0.15, -0.1) is 22.7 Å². The Morgan fingerprint density at radius 1 is 0.667 bits per heavy atom. The van der Waals surface area contributed by atoms with Gasteiger partial charge >= 0.3 is 41.5 Å². The van der Waals surface area contributed by atoms with Gasteiger partial charge in [0, 0.05) is 12.1 Å². The summed E-state index contributed by atoms with van der Waals surface area (Å²) in [4.78, 5) is 45.3. The Hall–Kier alpha value is -4.56. The van der Waals surface area contributed by atoms with Crippen LogP contribution >= 0.6 is 54.5 Å². The van der Waals surface area contributed by atoms with E-state index in [1.54, 1.807) is 41.8 Å². The van der Waals surface area contributed by atoms with Crippen LogP contribution in [-0.2, 0) is 37.9 Å². The number of nitro groups is 2. The first-order chi connectivity index (χ1) is 28.8. The van der Waals surface area contributed by atoms with E-state index in [0.717, 1.165) is 42.4 Å². The van der Waals surface area contributed by atoms with Crippen molar-refractivity contribution in [1.29, 1.82) is 0 Å². The number of sulfonamides is 2. The summed E-state index contributed by atoms with van der Waals surface area (Å²) in [7, 11) is -7.06. The van der Waals surface area contributed by atoms with Crippen LogP contribution in [0, 0.1) is 34.1 Å². The van der Waals surface area contributed by atoms with E-state index in [0.29, 0.717) is 11.1 Å². The van der Waals surface area contributed by atoms with Crippen LogP contribution in [0.2, 0.25) is 0 Å². The molecule has 0 radical (unpaired) electrons. The first-order valence-electron chi connectivity index (χ1n) is 17.3. The molecule has 0 atom stereocenters. The minimum absolute atomic E-state index is 0. The van der Waals surface area contributed by atoms with Crippen molar-refractivity contribution >= 4 is 109 Å². The van der Waals surface area contributed by atoms with E-state index in [2.05, 4.69) is 31.9 Å². The molecule has 0 spiro atoms. The molecule has 2 heterocycles. The standard InChI is InChI=1S/C20H17BrN2O6S2.C19H15BrN2O6S2.Na.H2O/c1-13-6-8-15(9-7-13)31(27,28)22(17-10-11-30-19(17)20(24)29-2)12-14-4-3-5-16(18(14)21)23(25)26;1-12-5-7-14(8-6-12)30(27,28)21(16-9-10-29-18(16)19(23)24)11-13-3-2-4-15(17(13)20)22(25)26;;/h3-11H,12H2,1-2H3;2-10H,11H2,1H3,(H,23,24);;1H2/q;;+1;/p-1. The van der Waals surface area contributed by atoms with Gasteiger partial charge in [0.2, 0.25) is 0 Å². The Kier molecular flexibility index (Phi) is 18.7. The van der Waals surface area contributed by atoms with Gasteiger partial charge in [0.05, 0.1) is 51.2 Å². The third kappa shape index (κ3) is 12.0. The number of aryl methyl sites for hydroxylation is 2. The molecule has 4 aromatic carbocycles. The van der Waals surface area contributed by atoms with Gasteiger partial charge in [0.25, 0.3) is 31.4 Å². The number of hydrogen-bond donors (Lipinski definition) is 1. The molecule has 0 bridgehead atoms. The van der Waals surface area contributed by atoms with Crippen LogP contribution in [-0.4, -0.2) is 56.3 Å². The Labute approximate surface area is 408 Å². The number of esters is 1. The maximum absolute atomic E-state index is 13.6. The maximum atomic E-state index is 13.6. The van der Waals surface area contributed by atoms with E-state index in [1.807, 2.05) is 13.8 Å². The number of hydrogen-bond acceptors (Lipinski definition) is 14. The summed E-state index contributed by atoms with van der Waals surface area (Å²) < 4.78 is 61.1. The fourth-order valence-corrected chi connectivity index (χ4v) is 11.3. The summed E-state index contributed by atoms with van der Waals surface area (Å²) in [6.07, 6.45) is 0. The average Bonchev–Trinajstić information content (AvgIpc) is 3.91. The quantitative estimate of drug-likeness (QED) is 0.0526. The van der Waals surface area contributed by atoms with E-state index in [9.17, 15) is 51.8 Å². The molecular weight excluding hydrogens is 1040 g/mol. The molecule has 0 saturated carbocycles. The van der Waals surface area contributed by atoms with E-state index in [-0.39, 0.29) is 99.4 Å². The molecule has 2 aromatic heterocycles. The van der Waals surface area contributed by atoms with E-state index >= 15 is 0 Å². The minimum atomic E-state index is -4.16. The van der Waals surface area contributed by atoms with Crippen LogP contribution in [0.4, 0.5) is 22.7 Å². The van der Waals surface area contributed by atoms with Gasteiger partial charge in [-0.3, -0.25) is 28.8 Å². The zero-order valence-corrected chi connectivity index (χ0v) is 41.8. The second-order valence-electron chi connectivity index (χ2n) is 12.7. The van der Waals surface area contributed by atoms with Crippen molar-refractivity contribution in [2.45, 2.75) is 36.7 Å². The predicted octanol–water partition coefficient (Wildman–Crippen LogP) is 6.56. The number of aromatic carboxylic acids is 1. The number of carbonyl (C=O) groups is 2. The third-order valence-electron chi connectivity index (χ3n) is 8.75. The van der Waals surface area contributed by atoms with Crippen molar-refractivity contribution in [3.8, 4) is 0 Å². The first kappa shape index (κ1) is 52.8. The normalized spacial score (nSPS) is 10.9. The minimum Gasteiger partial charge on any atom is -0.870 e. The fraction of sp³-hybridized carbons (Fsp3) is 0.128. The molecule has 0 saturated heterocycles. The third-order valence-corrected chi connectivity index (χ3v) is 15.9. The Morgan fingerprint density at radius 3 is 1.38 bits per heavy atom. The number of anilines is 2.